The summed E-state index contributed by atoms with van der Waals surface area (Å²) in [6.45, 7) is 7.92. The van der Waals surface area contributed by atoms with Crippen LogP contribution in [0.2, 0.25) is 0 Å². The molecule has 0 aliphatic heterocycles. The molecule has 0 saturated carbocycles. The van der Waals surface area contributed by atoms with Gasteiger partial charge in [-0.15, -0.1) is 0 Å². The van der Waals surface area contributed by atoms with Gasteiger partial charge in [0.2, 0.25) is 53.2 Å². The molecule has 1 aromatic heterocycles. The van der Waals surface area contributed by atoms with Gasteiger partial charge in [0.05, 0.1) is 30.9 Å². The quantitative estimate of drug-likeness (QED) is 0.0166. The second kappa shape index (κ2) is 44.4. The fraction of sp³-hybridized carbons (Fsp3) is 0.714. The number of unbranched alkanes of at least 4 members (excludes halogenated alkanes) is 4. The summed E-state index contributed by atoms with van der Waals surface area (Å²) in [6, 6.07) is -14.8. The van der Waals surface area contributed by atoms with Gasteiger partial charge in [-0.25, -0.2) is 9.78 Å². The van der Waals surface area contributed by atoms with Crippen LogP contribution in [0.5, 0.6) is 0 Å². The number of hydrogen-bond acceptors (Lipinski definition) is 19. The molecule has 0 fully saturated rings. The van der Waals surface area contributed by atoms with Crippen molar-refractivity contribution in [2.75, 3.05) is 32.7 Å². The van der Waals surface area contributed by atoms with Crippen molar-refractivity contribution >= 4 is 77.0 Å². The first kappa shape index (κ1) is 79.9. The third-order valence-electron chi connectivity index (χ3n) is 14.0. The second-order valence-corrected chi connectivity index (χ2v) is 22.8. The van der Waals surface area contributed by atoms with E-state index in [1.54, 1.807) is 27.7 Å². The summed E-state index contributed by atoms with van der Waals surface area (Å²) in [7, 11) is 0. The van der Waals surface area contributed by atoms with E-state index in [1.165, 1.54) is 12.5 Å². The molecule has 0 bridgehead atoms. The minimum absolute atomic E-state index is 0.0651. The number of carboxylic acid groups (broad SMARTS) is 3. The zero-order chi connectivity index (χ0) is 67.9. The lowest BCUT2D eigenvalue weighted by Gasteiger charge is -2.28. The van der Waals surface area contributed by atoms with Gasteiger partial charge >= 0.3 is 17.9 Å². The van der Waals surface area contributed by atoms with Crippen LogP contribution in [0.15, 0.2) is 12.5 Å². The highest BCUT2D eigenvalue weighted by atomic mass is 16.4. The molecule has 510 valence electrons. The number of nitrogens with one attached hydrogen (secondary N) is 12. The monoisotopic (exact) mass is 1280 g/mol. The van der Waals surface area contributed by atoms with Gasteiger partial charge in [-0.05, 0) is 134 Å². The van der Waals surface area contributed by atoms with Gasteiger partial charge < -0.3 is 108 Å². The van der Waals surface area contributed by atoms with Crippen LogP contribution in [-0.4, -0.2) is 195 Å². The van der Waals surface area contributed by atoms with Crippen LogP contribution in [0.4, 0.5) is 0 Å². The second-order valence-electron chi connectivity index (χ2n) is 22.8. The number of amides is 9. The van der Waals surface area contributed by atoms with Crippen molar-refractivity contribution in [1.29, 1.82) is 5.41 Å². The minimum Gasteiger partial charge on any atom is -0.481 e. The third kappa shape index (κ3) is 33.5. The SMILES string of the molecule is CC(C)C[C@H](NC(=O)[C@H](CCCCN)NC(=O)[C@H](CCCCN)NC(=O)[C@H](CC(=O)O)NC(=O)[C@H](CC(C)C)NC(=O)[C@@H](N)CCCCN)C(=O)N[C@@H](CC(=O)O)C(=O)N[C@@H](CCCCN)C(=O)N[C@@H](CCCNC(=N)N)C(=O)N[C@@H](Cc1c[nH]cn1)C(=O)O. The fourth-order valence-corrected chi connectivity index (χ4v) is 9.17. The Morgan fingerprint density at radius 2 is 0.767 bits per heavy atom. The van der Waals surface area contributed by atoms with Crippen LogP contribution in [0.3, 0.4) is 0 Å². The highest BCUT2D eigenvalue weighted by Gasteiger charge is 2.37. The number of hydrogen-bond donors (Lipinski definition) is 21. The molecule has 1 heterocycles. The molecule has 1 aromatic rings. The first-order valence-electron chi connectivity index (χ1n) is 30.6. The maximum absolute atomic E-state index is 14.4. The Kier molecular flexibility index (Phi) is 39.4. The van der Waals surface area contributed by atoms with Crippen LogP contribution < -0.4 is 87.6 Å². The molecule has 0 aromatic carbocycles. The number of carbonyl (C=O) groups is 12. The molecule has 9 amide bonds. The van der Waals surface area contributed by atoms with E-state index in [-0.39, 0.29) is 121 Å². The Hall–Kier alpha value is -8.08. The lowest BCUT2D eigenvalue weighted by Crippen LogP contribution is -2.61. The molecular weight excluding hydrogens is 1180 g/mol. The maximum atomic E-state index is 14.4. The van der Waals surface area contributed by atoms with Crippen molar-refractivity contribution in [3.8, 4) is 0 Å². The predicted octanol–water partition coefficient (Wildman–Crippen LogP) is -4.45. The minimum atomic E-state index is -1.90. The Balaban J connectivity index is 3.60. The largest absolute Gasteiger partial charge is 0.481 e. The van der Waals surface area contributed by atoms with Crippen LogP contribution in [0.25, 0.3) is 0 Å². The number of nitrogens with two attached hydrogens (primary N) is 6. The molecule has 34 nitrogen and oxygen atoms in total. The van der Waals surface area contributed by atoms with E-state index >= 15 is 0 Å². The number of aliphatic carboxylic acids is 3. The number of nitrogens with zero attached hydrogens (tertiary/aromatic N) is 1. The van der Waals surface area contributed by atoms with Crippen molar-refractivity contribution < 1.29 is 72.9 Å². The standard InChI is InChI=1S/C56H101N19O15/c1-31(2)24-39(71-46(80)34(61)14-5-9-19-57)51(85)73-41(27-44(76)77)53(87)69-35(15-6-10-20-58)47(81)67-37(17-8-12-22-60)49(83)72-40(25-32(3)4)52(86)74-42(28-45(78)79)54(88)70-36(16-7-11-21-59)48(82)68-38(18-13-23-65-56(62)63)50(84)75-43(55(89)90)26-33-29-64-30-66-33/h29-32,34-43H,5-28,57-61H2,1-4H3,(H,64,66)(H,67,81)(H,68,82)(H,69,87)(H,70,88)(H,71,80)(H,72,83)(H,73,85)(H,74,86)(H,75,84)(H,76,77)(H,78,79)(H,89,90)(H4,62,63,65)/t34-,35-,36-,37-,38-,39-,40-,41-,42-,43-/m0/s1. The molecule has 34 heteroatoms. The van der Waals surface area contributed by atoms with Gasteiger partial charge in [-0.3, -0.25) is 58.1 Å². The zero-order valence-corrected chi connectivity index (χ0v) is 52.2. The summed E-state index contributed by atoms with van der Waals surface area (Å²) >= 11 is 0. The highest BCUT2D eigenvalue weighted by Crippen LogP contribution is 2.14. The zero-order valence-electron chi connectivity index (χ0n) is 52.2. The van der Waals surface area contributed by atoms with E-state index < -0.39 is 144 Å². The lowest BCUT2D eigenvalue weighted by atomic mass is 10.0. The van der Waals surface area contributed by atoms with Crippen LogP contribution >= 0.6 is 0 Å². The van der Waals surface area contributed by atoms with Gasteiger partial charge in [0.1, 0.15) is 54.4 Å². The van der Waals surface area contributed by atoms with Crippen molar-refractivity contribution in [1.82, 2.24) is 63.1 Å². The van der Waals surface area contributed by atoms with E-state index in [4.69, 9.17) is 39.8 Å². The van der Waals surface area contributed by atoms with Gasteiger partial charge in [0.25, 0.3) is 0 Å². The molecule has 0 aliphatic carbocycles. The smallest absolute Gasteiger partial charge is 0.326 e. The van der Waals surface area contributed by atoms with Crippen molar-refractivity contribution in [3.05, 3.63) is 18.2 Å². The van der Waals surface area contributed by atoms with Crippen molar-refractivity contribution in [3.63, 3.8) is 0 Å². The van der Waals surface area contributed by atoms with Gasteiger partial charge in [0, 0.05) is 19.2 Å². The molecule has 10 atom stereocenters. The molecule has 0 saturated heterocycles. The van der Waals surface area contributed by atoms with Crippen molar-refractivity contribution in [2.45, 2.75) is 210 Å². The van der Waals surface area contributed by atoms with E-state index in [9.17, 15) is 72.9 Å². The van der Waals surface area contributed by atoms with E-state index in [0.717, 1.165) is 0 Å². The average Bonchev–Trinajstić information content (AvgIpc) is 1.78. The molecule has 90 heavy (non-hydrogen) atoms. The highest BCUT2D eigenvalue weighted by molar-refractivity contribution is 5.99. The number of rotatable bonds is 49. The topological polar surface area (TPSA) is 594 Å². The maximum Gasteiger partial charge on any atom is 0.326 e. The van der Waals surface area contributed by atoms with Gasteiger partial charge in [-0.1, -0.05) is 34.1 Å². The number of carboxylic acids is 3. The third-order valence-corrected chi connectivity index (χ3v) is 14.0. The molecule has 0 radical (unpaired) electrons. The van der Waals surface area contributed by atoms with Gasteiger partial charge in [-0.2, -0.15) is 0 Å². The number of aromatic amines is 1. The summed E-state index contributed by atoms with van der Waals surface area (Å²) in [5.74, 6) is -14.0. The average molecular weight is 1280 g/mol. The Morgan fingerprint density at radius 3 is 1.09 bits per heavy atom. The summed E-state index contributed by atoms with van der Waals surface area (Å²) in [5.41, 5.74) is 34.6. The number of carbonyl (C=O) groups excluding carboxylic acids is 9. The molecule has 1 rings (SSSR count). The van der Waals surface area contributed by atoms with Crippen LogP contribution in [-0.2, 0) is 64.0 Å². The molecule has 27 N–H and O–H groups in total. The number of H-pyrrole nitrogens is 1. The molecule has 0 unspecified atom stereocenters. The van der Waals surface area contributed by atoms with Gasteiger partial charge in [0.15, 0.2) is 5.96 Å². The first-order chi connectivity index (χ1) is 42.6. The normalized spacial score (nSPS) is 14.5. The number of guanidine groups is 1. The summed E-state index contributed by atoms with van der Waals surface area (Å²) in [5, 5.41) is 62.3. The van der Waals surface area contributed by atoms with E-state index in [0.29, 0.717) is 44.3 Å². The van der Waals surface area contributed by atoms with Crippen molar-refractivity contribution in [2.24, 2.45) is 46.2 Å². The summed E-state index contributed by atoms with van der Waals surface area (Å²) in [4.78, 5) is 169. The predicted molar refractivity (Wildman–Crippen MR) is 329 cm³/mol. The number of aromatic nitrogens is 2. The van der Waals surface area contributed by atoms with E-state index in [1.807, 2.05) is 0 Å². The Bertz CT molecular complexity index is 2450. The number of imidazole rings is 1. The van der Waals surface area contributed by atoms with Crippen LogP contribution in [0.1, 0.15) is 149 Å². The van der Waals surface area contributed by atoms with Crippen LogP contribution in [0, 0.1) is 17.2 Å². The summed E-state index contributed by atoms with van der Waals surface area (Å²) < 4.78 is 0. The Morgan fingerprint density at radius 1 is 0.456 bits per heavy atom. The fourth-order valence-electron chi connectivity index (χ4n) is 9.17. The molecule has 0 aliphatic rings. The molecule has 0 spiro atoms. The molecular formula is C56H101N19O15. The lowest BCUT2D eigenvalue weighted by molar-refractivity contribution is -0.142. The van der Waals surface area contributed by atoms with E-state index in [2.05, 4.69) is 63.1 Å². The Labute approximate surface area is 524 Å². The summed E-state index contributed by atoms with van der Waals surface area (Å²) in [6.07, 6.45) is 3.39. The first-order valence-corrected chi connectivity index (χ1v) is 30.6.